The average Bonchev–Trinajstić information content (AvgIpc) is 2.40. The van der Waals surface area contributed by atoms with Crippen LogP contribution in [-0.2, 0) is 11.2 Å². The van der Waals surface area contributed by atoms with E-state index in [2.05, 4.69) is 11.4 Å². The van der Waals surface area contributed by atoms with Crippen LogP contribution in [0.25, 0.3) is 0 Å². The number of nitrogens with zero attached hydrogens (tertiary/aromatic N) is 1. The van der Waals surface area contributed by atoms with Gasteiger partial charge in [0.15, 0.2) is 0 Å². The second-order valence-electron chi connectivity index (χ2n) is 4.49. The Kier molecular flexibility index (Phi) is 4.13. The van der Waals surface area contributed by atoms with Crippen molar-refractivity contribution in [2.75, 3.05) is 20.3 Å². The Morgan fingerprint density at radius 3 is 3.06 bits per heavy atom. The van der Waals surface area contributed by atoms with E-state index in [1.807, 2.05) is 31.3 Å². The molecule has 90 valence electrons. The van der Waals surface area contributed by atoms with Crippen LogP contribution in [0.5, 0.6) is 0 Å². The van der Waals surface area contributed by atoms with Crippen molar-refractivity contribution in [2.24, 2.45) is 5.92 Å². The molecule has 0 amide bonds. The SMILES string of the molecule is CN[C@@H]1CCOC[C@H]1Cc1ccccc1C#N. The van der Waals surface area contributed by atoms with Gasteiger partial charge in [-0.05, 0) is 31.5 Å². The van der Waals surface area contributed by atoms with Crippen LogP contribution in [0, 0.1) is 17.2 Å². The summed E-state index contributed by atoms with van der Waals surface area (Å²) >= 11 is 0. The molecule has 1 aromatic carbocycles. The van der Waals surface area contributed by atoms with Crippen LogP contribution < -0.4 is 5.32 Å². The number of nitrogens with one attached hydrogen (secondary N) is 1. The number of hydrogen-bond donors (Lipinski definition) is 1. The highest BCUT2D eigenvalue weighted by Crippen LogP contribution is 2.21. The van der Waals surface area contributed by atoms with E-state index in [1.165, 1.54) is 0 Å². The molecule has 0 unspecified atom stereocenters. The molecule has 0 spiro atoms. The molecule has 0 aliphatic carbocycles. The standard InChI is InChI=1S/C14H18N2O/c1-16-14-6-7-17-10-13(14)8-11-4-2-3-5-12(11)9-15/h2-5,13-14,16H,6-8,10H2,1H3/t13-,14-/m1/s1. The molecule has 1 fully saturated rings. The summed E-state index contributed by atoms with van der Waals surface area (Å²) in [5.41, 5.74) is 1.92. The minimum Gasteiger partial charge on any atom is -0.381 e. The summed E-state index contributed by atoms with van der Waals surface area (Å²) in [6.45, 7) is 1.62. The summed E-state index contributed by atoms with van der Waals surface area (Å²) < 4.78 is 5.54. The van der Waals surface area contributed by atoms with Crippen molar-refractivity contribution in [3.8, 4) is 6.07 Å². The Morgan fingerprint density at radius 2 is 2.29 bits per heavy atom. The molecule has 0 saturated carbocycles. The number of nitriles is 1. The Morgan fingerprint density at radius 1 is 1.47 bits per heavy atom. The Labute approximate surface area is 102 Å². The lowest BCUT2D eigenvalue weighted by atomic mass is 9.88. The molecule has 1 aromatic rings. The van der Waals surface area contributed by atoms with E-state index in [0.717, 1.165) is 37.2 Å². The molecule has 0 bridgehead atoms. The van der Waals surface area contributed by atoms with Crippen molar-refractivity contribution in [1.29, 1.82) is 5.26 Å². The van der Waals surface area contributed by atoms with Gasteiger partial charge in [0, 0.05) is 18.6 Å². The molecule has 2 rings (SSSR count). The molecule has 0 aromatic heterocycles. The largest absolute Gasteiger partial charge is 0.381 e. The summed E-state index contributed by atoms with van der Waals surface area (Å²) in [6.07, 6.45) is 1.96. The van der Waals surface area contributed by atoms with Gasteiger partial charge in [0.25, 0.3) is 0 Å². The number of ether oxygens (including phenoxy) is 1. The zero-order chi connectivity index (χ0) is 12.1. The molecule has 1 saturated heterocycles. The Balaban J connectivity index is 2.11. The lowest BCUT2D eigenvalue weighted by Crippen LogP contribution is -2.42. The van der Waals surface area contributed by atoms with Crippen molar-refractivity contribution in [2.45, 2.75) is 18.9 Å². The number of benzene rings is 1. The van der Waals surface area contributed by atoms with Crippen LogP contribution in [0.3, 0.4) is 0 Å². The lowest BCUT2D eigenvalue weighted by Gasteiger charge is -2.31. The van der Waals surface area contributed by atoms with E-state index < -0.39 is 0 Å². The Hall–Kier alpha value is -1.37. The summed E-state index contributed by atoms with van der Waals surface area (Å²) in [5, 5.41) is 12.4. The van der Waals surface area contributed by atoms with Crippen molar-refractivity contribution in [3.05, 3.63) is 35.4 Å². The molecule has 1 aliphatic rings. The van der Waals surface area contributed by atoms with Gasteiger partial charge in [-0.25, -0.2) is 0 Å². The van der Waals surface area contributed by atoms with Gasteiger partial charge in [-0.1, -0.05) is 18.2 Å². The molecule has 1 N–H and O–H groups in total. The normalized spacial score (nSPS) is 24.2. The van der Waals surface area contributed by atoms with E-state index in [0.29, 0.717) is 12.0 Å². The first-order chi connectivity index (χ1) is 8.35. The van der Waals surface area contributed by atoms with Gasteiger partial charge < -0.3 is 10.1 Å². The first-order valence-corrected chi connectivity index (χ1v) is 6.08. The van der Waals surface area contributed by atoms with Crippen LogP contribution in [0.4, 0.5) is 0 Å². The number of hydrogen-bond acceptors (Lipinski definition) is 3. The molecule has 17 heavy (non-hydrogen) atoms. The van der Waals surface area contributed by atoms with Crippen molar-refractivity contribution in [1.82, 2.24) is 5.32 Å². The molecule has 1 aliphatic heterocycles. The smallest absolute Gasteiger partial charge is 0.0994 e. The highest BCUT2D eigenvalue weighted by atomic mass is 16.5. The van der Waals surface area contributed by atoms with Gasteiger partial charge in [-0.2, -0.15) is 5.26 Å². The van der Waals surface area contributed by atoms with E-state index >= 15 is 0 Å². The second kappa shape index (κ2) is 5.81. The van der Waals surface area contributed by atoms with E-state index in [1.54, 1.807) is 0 Å². The van der Waals surface area contributed by atoms with Crippen LogP contribution in [-0.4, -0.2) is 26.3 Å². The summed E-state index contributed by atoms with van der Waals surface area (Å²) in [4.78, 5) is 0. The second-order valence-corrected chi connectivity index (χ2v) is 4.49. The third-order valence-electron chi connectivity index (χ3n) is 3.46. The van der Waals surface area contributed by atoms with Gasteiger partial charge in [0.1, 0.15) is 0 Å². The minimum absolute atomic E-state index is 0.461. The van der Waals surface area contributed by atoms with Crippen molar-refractivity contribution < 1.29 is 4.74 Å². The topological polar surface area (TPSA) is 45.0 Å². The van der Waals surface area contributed by atoms with E-state index in [9.17, 15) is 0 Å². The van der Waals surface area contributed by atoms with Crippen LogP contribution >= 0.6 is 0 Å². The molecule has 3 nitrogen and oxygen atoms in total. The monoisotopic (exact) mass is 230 g/mol. The van der Waals surface area contributed by atoms with Gasteiger partial charge in [0.05, 0.1) is 18.2 Å². The number of rotatable bonds is 3. The van der Waals surface area contributed by atoms with Gasteiger partial charge in [-0.3, -0.25) is 0 Å². The zero-order valence-corrected chi connectivity index (χ0v) is 10.1. The molecule has 3 heteroatoms. The predicted molar refractivity (Wildman–Crippen MR) is 66.6 cm³/mol. The third-order valence-corrected chi connectivity index (χ3v) is 3.46. The van der Waals surface area contributed by atoms with E-state index in [4.69, 9.17) is 10.00 Å². The maximum absolute atomic E-state index is 9.07. The zero-order valence-electron chi connectivity index (χ0n) is 10.1. The summed E-state index contributed by atoms with van der Waals surface area (Å²) in [6, 6.07) is 10.6. The lowest BCUT2D eigenvalue weighted by molar-refractivity contribution is 0.0342. The highest BCUT2D eigenvalue weighted by Gasteiger charge is 2.25. The molecule has 1 heterocycles. The van der Waals surface area contributed by atoms with Crippen LogP contribution in [0.1, 0.15) is 17.5 Å². The Bertz CT molecular complexity index is 411. The fourth-order valence-corrected chi connectivity index (χ4v) is 2.47. The summed E-state index contributed by atoms with van der Waals surface area (Å²) in [5.74, 6) is 0.461. The third kappa shape index (κ3) is 2.85. The predicted octanol–water partition coefficient (Wildman–Crippen LogP) is 1.73. The van der Waals surface area contributed by atoms with E-state index in [-0.39, 0.29) is 0 Å². The van der Waals surface area contributed by atoms with Gasteiger partial charge in [0.2, 0.25) is 0 Å². The van der Waals surface area contributed by atoms with Gasteiger partial charge >= 0.3 is 0 Å². The fraction of sp³-hybridized carbons (Fsp3) is 0.500. The quantitative estimate of drug-likeness (QED) is 0.860. The fourth-order valence-electron chi connectivity index (χ4n) is 2.47. The first kappa shape index (κ1) is 12.1. The molecule has 2 atom stereocenters. The molecular weight excluding hydrogens is 212 g/mol. The molecular formula is C14H18N2O. The first-order valence-electron chi connectivity index (χ1n) is 6.08. The van der Waals surface area contributed by atoms with Crippen molar-refractivity contribution in [3.63, 3.8) is 0 Å². The highest BCUT2D eigenvalue weighted by molar-refractivity contribution is 5.37. The van der Waals surface area contributed by atoms with Crippen LogP contribution in [0.15, 0.2) is 24.3 Å². The molecule has 0 radical (unpaired) electrons. The van der Waals surface area contributed by atoms with Crippen LogP contribution in [0.2, 0.25) is 0 Å². The maximum Gasteiger partial charge on any atom is 0.0994 e. The minimum atomic E-state index is 0.461. The average molecular weight is 230 g/mol. The summed E-state index contributed by atoms with van der Waals surface area (Å²) in [7, 11) is 2.00. The van der Waals surface area contributed by atoms with Gasteiger partial charge in [-0.15, -0.1) is 0 Å². The maximum atomic E-state index is 9.07. The van der Waals surface area contributed by atoms with Crippen molar-refractivity contribution >= 4 is 0 Å².